The first kappa shape index (κ1) is 12.8. The fourth-order valence-electron chi connectivity index (χ4n) is 1.86. The Kier molecular flexibility index (Phi) is 2.92. The van der Waals surface area contributed by atoms with Crippen LogP contribution in [-0.4, -0.2) is 39.3 Å². The van der Waals surface area contributed by atoms with Crippen LogP contribution >= 0.6 is 0 Å². The summed E-state index contributed by atoms with van der Waals surface area (Å²) >= 11 is 0. The zero-order valence-corrected chi connectivity index (χ0v) is 10.4. The second kappa shape index (κ2) is 3.64. The summed E-state index contributed by atoms with van der Waals surface area (Å²) in [6.07, 6.45) is -0.0992. The molecule has 1 unspecified atom stereocenters. The van der Waals surface area contributed by atoms with E-state index in [0.717, 1.165) is 0 Å². The number of ether oxygens (including phenoxy) is 1. The third-order valence-corrected chi connectivity index (χ3v) is 2.53. The number of likely N-dealkylation sites (tertiary alicyclic amines) is 1. The Morgan fingerprint density at radius 3 is 2.19 bits per heavy atom. The summed E-state index contributed by atoms with van der Waals surface area (Å²) in [5.41, 5.74) is -1.04. The smallest absolute Gasteiger partial charge is 0.411 e. The van der Waals surface area contributed by atoms with Gasteiger partial charge in [-0.3, -0.25) is 4.90 Å². The van der Waals surface area contributed by atoms with Crippen molar-refractivity contribution in [3.05, 3.63) is 0 Å². The highest BCUT2D eigenvalue weighted by molar-refractivity contribution is 5.83. The van der Waals surface area contributed by atoms with Gasteiger partial charge in [0.25, 0.3) is 0 Å². The molecule has 1 aliphatic rings. The van der Waals surface area contributed by atoms with Gasteiger partial charge in [-0.2, -0.15) is 0 Å². The molecule has 0 aromatic rings. The van der Waals surface area contributed by atoms with Crippen LogP contribution in [0.1, 0.15) is 41.0 Å². The molecule has 0 aromatic carbocycles. The molecule has 1 N–H and O–H groups in total. The van der Waals surface area contributed by atoms with Crippen LogP contribution < -0.4 is 0 Å². The van der Waals surface area contributed by atoms with Crippen molar-refractivity contribution in [3.8, 4) is 0 Å². The van der Waals surface area contributed by atoms with E-state index >= 15 is 0 Å². The monoisotopic (exact) mass is 229 g/mol. The quantitative estimate of drug-likeness (QED) is 0.745. The molecule has 92 valence electrons. The molecule has 0 aliphatic carbocycles. The molecule has 0 bridgehead atoms. The van der Waals surface area contributed by atoms with E-state index in [-0.39, 0.29) is 0 Å². The van der Waals surface area contributed by atoms with Crippen molar-refractivity contribution in [3.63, 3.8) is 0 Å². The number of amides is 1. The van der Waals surface area contributed by atoms with Crippen molar-refractivity contribution >= 4 is 12.1 Å². The lowest BCUT2D eigenvalue weighted by Gasteiger charge is -2.52. The number of carboxylic acids is 1. The highest BCUT2D eigenvalue weighted by Gasteiger charge is 2.52. The van der Waals surface area contributed by atoms with Gasteiger partial charge in [-0.15, -0.1) is 0 Å². The number of carbonyl (C=O) groups is 2. The van der Waals surface area contributed by atoms with Crippen molar-refractivity contribution < 1.29 is 19.4 Å². The van der Waals surface area contributed by atoms with Crippen LogP contribution in [0.4, 0.5) is 4.79 Å². The number of carboxylic acid groups (broad SMARTS) is 1. The molecule has 0 saturated carbocycles. The number of rotatable bonds is 1. The van der Waals surface area contributed by atoms with E-state index < -0.39 is 29.2 Å². The summed E-state index contributed by atoms with van der Waals surface area (Å²) in [4.78, 5) is 24.0. The average Bonchev–Trinajstić information content (AvgIpc) is 1.95. The van der Waals surface area contributed by atoms with Gasteiger partial charge < -0.3 is 9.84 Å². The predicted octanol–water partition coefficient (Wildman–Crippen LogP) is 1.86. The molecule has 1 heterocycles. The maximum atomic E-state index is 11.8. The van der Waals surface area contributed by atoms with E-state index in [4.69, 9.17) is 9.84 Å². The Bertz CT molecular complexity index is 316. The number of hydrogen-bond acceptors (Lipinski definition) is 3. The second-order valence-corrected chi connectivity index (χ2v) is 5.72. The molecule has 1 atom stereocenters. The molecule has 0 spiro atoms. The van der Waals surface area contributed by atoms with Gasteiger partial charge in [-0.05, 0) is 34.6 Å². The van der Waals surface area contributed by atoms with Crippen LogP contribution in [0.25, 0.3) is 0 Å². The minimum atomic E-state index is -0.981. The SMILES string of the molecule is CC(C)(C)OC(=O)N1C(C(=O)O)CC1(C)C. The van der Waals surface area contributed by atoms with Crippen LogP contribution in [-0.2, 0) is 9.53 Å². The van der Waals surface area contributed by atoms with Gasteiger partial charge in [-0.25, -0.2) is 9.59 Å². The predicted molar refractivity (Wildman–Crippen MR) is 58.2 cm³/mol. The molecule has 1 aliphatic heterocycles. The molecule has 1 saturated heterocycles. The van der Waals surface area contributed by atoms with Gasteiger partial charge in [-0.1, -0.05) is 0 Å². The highest BCUT2D eigenvalue weighted by atomic mass is 16.6. The third kappa shape index (κ3) is 2.46. The van der Waals surface area contributed by atoms with Crippen LogP contribution in [0.3, 0.4) is 0 Å². The van der Waals surface area contributed by atoms with Gasteiger partial charge in [0, 0.05) is 12.0 Å². The summed E-state index contributed by atoms with van der Waals surface area (Å²) < 4.78 is 5.18. The summed E-state index contributed by atoms with van der Waals surface area (Å²) in [5, 5.41) is 8.93. The van der Waals surface area contributed by atoms with Crippen LogP contribution in [0.2, 0.25) is 0 Å². The molecular formula is C11H19NO4. The van der Waals surface area contributed by atoms with E-state index in [0.29, 0.717) is 6.42 Å². The van der Waals surface area contributed by atoms with Crippen LogP contribution in [0, 0.1) is 0 Å². The van der Waals surface area contributed by atoms with E-state index in [1.165, 1.54) is 4.90 Å². The summed E-state index contributed by atoms with van der Waals surface area (Å²) in [6.45, 7) is 8.93. The zero-order valence-electron chi connectivity index (χ0n) is 10.4. The normalized spacial score (nSPS) is 23.6. The third-order valence-electron chi connectivity index (χ3n) is 2.53. The molecule has 5 nitrogen and oxygen atoms in total. The lowest BCUT2D eigenvalue weighted by atomic mass is 9.82. The number of aliphatic carboxylic acids is 1. The minimum absolute atomic E-state index is 0.439. The molecule has 0 radical (unpaired) electrons. The first-order valence-electron chi connectivity index (χ1n) is 5.30. The van der Waals surface area contributed by atoms with Crippen molar-refractivity contribution in [1.82, 2.24) is 4.90 Å². The maximum Gasteiger partial charge on any atom is 0.411 e. The van der Waals surface area contributed by atoms with Crippen molar-refractivity contribution in [2.24, 2.45) is 0 Å². The lowest BCUT2D eigenvalue weighted by Crippen LogP contribution is -2.68. The fourth-order valence-corrected chi connectivity index (χ4v) is 1.86. The first-order chi connectivity index (χ1) is 7.04. The average molecular weight is 229 g/mol. The first-order valence-corrected chi connectivity index (χ1v) is 5.30. The van der Waals surface area contributed by atoms with Crippen LogP contribution in [0.15, 0.2) is 0 Å². The molecule has 0 aromatic heterocycles. The molecule has 1 rings (SSSR count). The number of nitrogens with zero attached hydrogens (tertiary/aromatic N) is 1. The Labute approximate surface area is 95.4 Å². The van der Waals surface area contributed by atoms with Crippen molar-refractivity contribution in [2.45, 2.75) is 58.2 Å². The topological polar surface area (TPSA) is 66.8 Å². The van der Waals surface area contributed by atoms with E-state index in [2.05, 4.69) is 0 Å². The summed E-state index contributed by atoms with van der Waals surface area (Å²) in [7, 11) is 0. The molecule has 16 heavy (non-hydrogen) atoms. The fraction of sp³-hybridized carbons (Fsp3) is 0.818. The maximum absolute atomic E-state index is 11.8. The molecule has 5 heteroatoms. The zero-order chi connectivity index (χ0) is 12.7. The molecular weight excluding hydrogens is 210 g/mol. The highest BCUT2D eigenvalue weighted by Crippen LogP contribution is 2.37. The minimum Gasteiger partial charge on any atom is -0.480 e. The van der Waals surface area contributed by atoms with Gasteiger partial charge in [0.1, 0.15) is 11.6 Å². The standard InChI is InChI=1S/C11H19NO4/c1-10(2,3)16-9(15)12-7(8(13)14)6-11(12,4)5/h7H,6H2,1-5H3,(H,13,14). The van der Waals surface area contributed by atoms with Gasteiger partial charge in [0.15, 0.2) is 0 Å². The lowest BCUT2D eigenvalue weighted by molar-refractivity contribution is -0.156. The Balaban J connectivity index is 2.76. The van der Waals surface area contributed by atoms with Crippen LogP contribution in [0.5, 0.6) is 0 Å². The summed E-state index contributed by atoms with van der Waals surface area (Å²) in [5.74, 6) is -0.981. The van der Waals surface area contributed by atoms with Gasteiger partial charge in [0.05, 0.1) is 0 Å². The van der Waals surface area contributed by atoms with Crippen molar-refractivity contribution in [1.29, 1.82) is 0 Å². The Morgan fingerprint density at radius 1 is 1.38 bits per heavy atom. The Morgan fingerprint density at radius 2 is 1.88 bits per heavy atom. The molecule has 1 fully saturated rings. The Hall–Kier alpha value is -1.26. The van der Waals surface area contributed by atoms with Gasteiger partial charge >= 0.3 is 12.1 Å². The molecule has 1 amide bonds. The second-order valence-electron chi connectivity index (χ2n) is 5.72. The van der Waals surface area contributed by atoms with E-state index in [1.54, 1.807) is 20.8 Å². The summed E-state index contributed by atoms with van der Waals surface area (Å²) in [6, 6.07) is -0.759. The number of carbonyl (C=O) groups excluding carboxylic acids is 1. The van der Waals surface area contributed by atoms with E-state index in [1.807, 2.05) is 13.8 Å². The number of hydrogen-bond donors (Lipinski definition) is 1. The van der Waals surface area contributed by atoms with Gasteiger partial charge in [0.2, 0.25) is 0 Å². The van der Waals surface area contributed by atoms with Crippen molar-refractivity contribution in [2.75, 3.05) is 0 Å². The largest absolute Gasteiger partial charge is 0.480 e. The van der Waals surface area contributed by atoms with E-state index in [9.17, 15) is 9.59 Å².